The first-order valence-electron chi connectivity index (χ1n) is 3.73. The maximum atomic E-state index is 9.42. The van der Waals surface area contributed by atoms with Crippen LogP contribution < -0.4 is 0 Å². The molecule has 0 bridgehead atoms. The van der Waals surface area contributed by atoms with E-state index in [0.29, 0.717) is 0 Å². The molecule has 2 nitrogen and oxygen atoms in total. The van der Waals surface area contributed by atoms with Crippen LogP contribution in [0.4, 0.5) is 0 Å². The summed E-state index contributed by atoms with van der Waals surface area (Å²) in [6.45, 7) is 1.56. The lowest BCUT2D eigenvalue weighted by Crippen LogP contribution is -2.13. The molecule has 1 aromatic carbocycles. The van der Waals surface area contributed by atoms with Gasteiger partial charge in [0.05, 0.1) is 6.10 Å². The second kappa shape index (κ2) is 4.03. The molecular formula is C9H11BrO2. The lowest BCUT2D eigenvalue weighted by Gasteiger charge is -2.13. The number of aliphatic hydroxyl groups excluding tert-OH is 2. The summed E-state index contributed by atoms with van der Waals surface area (Å²) in [6, 6.07) is 7.23. The molecule has 12 heavy (non-hydrogen) atoms. The van der Waals surface area contributed by atoms with Gasteiger partial charge < -0.3 is 10.2 Å². The van der Waals surface area contributed by atoms with E-state index in [1.165, 1.54) is 0 Å². The Kier molecular flexibility index (Phi) is 3.26. The third kappa shape index (κ3) is 2.30. The van der Waals surface area contributed by atoms with Crippen molar-refractivity contribution in [1.29, 1.82) is 0 Å². The highest BCUT2D eigenvalue weighted by molar-refractivity contribution is 9.10. The van der Waals surface area contributed by atoms with Gasteiger partial charge in [-0.05, 0) is 24.6 Å². The minimum absolute atomic E-state index is 0.730. The number of hydrogen-bond donors (Lipinski definition) is 2. The Morgan fingerprint density at radius 2 is 1.67 bits per heavy atom. The second-order valence-corrected chi connectivity index (χ2v) is 3.65. The van der Waals surface area contributed by atoms with Gasteiger partial charge in [-0.1, -0.05) is 28.1 Å². The molecule has 0 amide bonds. The fraction of sp³-hybridized carbons (Fsp3) is 0.333. The van der Waals surface area contributed by atoms with E-state index in [4.69, 9.17) is 5.11 Å². The molecule has 0 heterocycles. The summed E-state index contributed by atoms with van der Waals surface area (Å²) in [5, 5.41) is 18.5. The number of rotatable bonds is 2. The summed E-state index contributed by atoms with van der Waals surface area (Å²) >= 11 is 3.29. The van der Waals surface area contributed by atoms with Crippen molar-refractivity contribution in [3.8, 4) is 0 Å². The van der Waals surface area contributed by atoms with Gasteiger partial charge in [0.15, 0.2) is 0 Å². The predicted octanol–water partition coefficient (Wildman–Crippen LogP) is 1.86. The zero-order chi connectivity index (χ0) is 9.14. The van der Waals surface area contributed by atoms with Gasteiger partial charge >= 0.3 is 0 Å². The first-order valence-corrected chi connectivity index (χ1v) is 4.52. The molecule has 3 heteroatoms. The average Bonchev–Trinajstić information content (AvgIpc) is 2.04. The van der Waals surface area contributed by atoms with Crippen molar-refractivity contribution in [2.45, 2.75) is 19.1 Å². The van der Waals surface area contributed by atoms with Gasteiger partial charge in [-0.15, -0.1) is 0 Å². The quantitative estimate of drug-likeness (QED) is 0.815. The molecule has 0 saturated heterocycles. The van der Waals surface area contributed by atoms with E-state index in [-0.39, 0.29) is 0 Å². The van der Waals surface area contributed by atoms with Gasteiger partial charge in [-0.25, -0.2) is 0 Å². The molecule has 0 unspecified atom stereocenters. The van der Waals surface area contributed by atoms with Crippen LogP contribution in [0.3, 0.4) is 0 Å². The van der Waals surface area contributed by atoms with Crippen molar-refractivity contribution in [1.82, 2.24) is 0 Å². The molecule has 2 atom stereocenters. The summed E-state index contributed by atoms with van der Waals surface area (Å²) in [4.78, 5) is 0. The average molecular weight is 231 g/mol. The highest BCUT2D eigenvalue weighted by Gasteiger charge is 2.12. The van der Waals surface area contributed by atoms with Crippen LogP contribution in [0, 0.1) is 0 Å². The van der Waals surface area contributed by atoms with Gasteiger partial charge in [0, 0.05) is 4.47 Å². The summed E-state index contributed by atoms with van der Waals surface area (Å²) in [6.07, 6.45) is -1.52. The van der Waals surface area contributed by atoms with Crippen molar-refractivity contribution in [3.63, 3.8) is 0 Å². The van der Waals surface area contributed by atoms with E-state index in [9.17, 15) is 5.11 Å². The first-order chi connectivity index (χ1) is 5.61. The molecule has 0 aliphatic heterocycles. The Bertz CT molecular complexity index is 243. The number of halogens is 1. The standard InChI is InChI=1S/C9H11BrO2/c1-6(11)9(12)7-2-4-8(10)5-3-7/h2-6,9,11-12H,1H3/t6-,9+/m0/s1. The number of aliphatic hydroxyl groups is 2. The van der Waals surface area contributed by atoms with Crippen LogP contribution in [0.2, 0.25) is 0 Å². The minimum atomic E-state index is -0.793. The summed E-state index contributed by atoms with van der Waals surface area (Å²) in [5.74, 6) is 0. The molecule has 0 aliphatic carbocycles. The summed E-state index contributed by atoms with van der Waals surface area (Å²) in [5.41, 5.74) is 0.730. The van der Waals surface area contributed by atoms with Gasteiger partial charge in [0.2, 0.25) is 0 Å². The molecule has 0 aromatic heterocycles. The molecule has 66 valence electrons. The molecule has 0 fully saturated rings. The van der Waals surface area contributed by atoms with Gasteiger partial charge in [0.25, 0.3) is 0 Å². The highest BCUT2D eigenvalue weighted by atomic mass is 79.9. The number of benzene rings is 1. The molecule has 2 N–H and O–H groups in total. The summed E-state index contributed by atoms with van der Waals surface area (Å²) < 4.78 is 0.962. The molecular weight excluding hydrogens is 220 g/mol. The predicted molar refractivity (Wildman–Crippen MR) is 50.8 cm³/mol. The van der Waals surface area contributed by atoms with Crippen LogP contribution in [0.25, 0.3) is 0 Å². The topological polar surface area (TPSA) is 40.5 Å². The van der Waals surface area contributed by atoms with E-state index < -0.39 is 12.2 Å². The zero-order valence-electron chi connectivity index (χ0n) is 6.74. The van der Waals surface area contributed by atoms with E-state index in [0.717, 1.165) is 10.0 Å². The Morgan fingerprint density at radius 3 is 2.08 bits per heavy atom. The lowest BCUT2D eigenvalue weighted by molar-refractivity contribution is 0.0305. The van der Waals surface area contributed by atoms with Gasteiger partial charge in [0.1, 0.15) is 6.10 Å². The monoisotopic (exact) mass is 230 g/mol. The van der Waals surface area contributed by atoms with Gasteiger partial charge in [-0.3, -0.25) is 0 Å². The SMILES string of the molecule is C[C@H](O)[C@@H](O)c1ccc(Br)cc1. The highest BCUT2D eigenvalue weighted by Crippen LogP contribution is 2.18. The van der Waals surface area contributed by atoms with Crippen molar-refractivity contribution in [2.24, 2.45) is 0 Å². The zero-order valence-corrected chi connectivity index (χ0v) is 8.32. The smallest absolute Gasteiger partial charge is 0.105 e. The van der Waals surface area contributed by atoms with Crippen LogP contribution in [0.15, 0.2) is 28.7 Å². The molecule has 0 saturated carbocycles. The second-order valence-electron chi connectivity index (χ2n) is 2.74. The normalized spacial score (nSPS) is 15.7. The van der Waals surface area contributed by atoms with Gasteiger partial charge in [-0.2, -0.15) is 0 Å². The van der Waals surface area contributed by atoms with Crippen LogP contribution in [0.5, 0.6) is 0 Å². The van der Waals surface area contributed by atoms with E-state index in [1.807, 2.05) is 12.1 Å². The third-order valence-corrected chi connectivity index (χ3v) is 2.20. The van der Waals surface area contributed by atoms with Crippen LogP contribution in [0.1, 0.15) is 18.6 Å². The molecule has 0 aliphatic rings. The maximum Gasteiger partial charge on any atom is 0.105 e. The van der Waals surface area contributed by atoms with Crippen molar-refractivity contribution < 1.29 is 10.2 Å². The van der Waals surface area contributed by atoms with Crippen LogP contribution in [-0.4, -0.2) is 16.3 Å². The lowest BCUT2D eigenvalue weighted by atomic mass is 10.1. The molecule has 0 radical (unpaired) electrons. The molecule has 0 spiro atoms. The Labute approximate surface area is 80.0 Å². The fourth-order valence-corrected chi connectivity index (χ4v) is 1.20. The molecule has 1 rings (SSSR count). The van der Waals surface area contributed by atoms with E-state index >= 15 is 0 Å². The molecule has 1 aromatic rings. The summed E-state index contributed by atoms with van der Waals surface area (Å²) in [7, 11) is 0. The maximum absolute atomic E-state index is 9.42. The Morgan fingerprint density at radius 1 is 1.17 bits per heavy atom. The fourth-order valence-electron chi connectivity index (χ4n) is 0.938. The van der Waals surface area contributed by atoms with E-state index in [2.05, 4.69) is 15.9 Å². The van der Waals surface area contributed by atoms with Crippen molar-refractivity contribution in [2.75, 3.05) is 0 Å². The van der Waals surface area contributed by atoms with Crippen LogP contribution in [-0.2, 0) is 0 Å². The Hall–Kier alpha value is -0.380. The Balaban J connectivity index is 2.82. The van der Waals surface area contributed by atoms with Crippen molar-refractivity contribution in [3.05, 3.63) is 34.3 Å². The minimum Gasteiger partial charge on any atom is -0.390 e. The van der Waals surface area contributed by atoms with E-state index in [1.54, 1.807) is 19.1 Å². The largest absolute Gasteiger partial charge is 0.390 e. The number of hydrogen-bond acceptors (Lipinski definition) is 2. The van der Waals surface area contributed by atoms with Crippen LogP contribution >= 0.6 is 15.9 Å². The third-order valence-electron chi connectivity index (χ3n) is 1.67. The van der Waals surface area contributed by atoms with Crippen molar-refractivity contribution >= 4 is 15.9 Å². The first kappa shape index (κ1) is 9.71.